The summed E-state index contributed by atoms with van der Waals surface area (Å²) in [7, 11) is 0. The van der Waals surface area contributed by atoms with Gasteiger partial charge in [-0.15, -0.1) is 0 Å². The first kappa shape index (κ1) is 16.0. The van der Waals surface area contributed by atoms with Gasteiger partial charge in [0.15, 0.2) is 0 Å². The highest BCUT2D eigenvalue weighted by molar-refractivity contribution is 4.95. The van der Waals surface area contributed by atoms with Gasteiger partial charge in [0, 0.05) is 38.3 Å². The zero-order valence-corrected chi connectivity index (χ0v) is 12.1. The molecule has 1 aliphatic carbocycles. The molecule has 2 fully saturated rings. The SMILES string of the molecule is NCC1(N2CCN(CC(F)(F)F)CC2)CCCCCC1. The van der Waals surface area contributed by atoms with Gasteiger partial charge in [0.1, 0.15) is 0 Å². The van der Waals surface area contributed by atoms with Gasteiger partial charge in [-0.25, -0.2) is 0 Å². The zero-order valence-electron chi connectivity index (χ0n) is 12.1. The summed E-state index contributed by atoms with van der Waals surface area (Å²) in [4.78, 5) is 3.88. The van der Waals surface area contributed by atoms with Crippen LogP contribution < -0.4 is 5.73 Å². The van der Waals surface area contributed by atoms with Gasteiger partial charge in [0.05, 0.1) is 6.54 Å². The van der Waals surface area contributed by atoms with Gasteiger partial charge in [0.25, 0.3) is 0 Å². The molecular weight excluding hydrogens is 267 g/mol. The molecule has 0 radical (unpaired) electrons. The lowest BCUT2D eigenvalue weighted by molar-refractivity contribution is -0.151. The standard InChI is InChI=1S/C14H26F3N3/c15-14(16,17)12-19-7-9-20(10-8-19)13(11-18)5-3-1-2-4-6-13/h1-12,18H2. The molecule has 0 bridgehead atoms. The molecule has 1 saturated heterocycles. The van der Waals surface area contributed by atoms with E-state index >= 15 is 0 Å². The molecule has 2 rings (SSSR count). The van der Waals surface area contributed by atoms with E-state index in [1.807, 2.05) is 0 Å². The molecule has 1 aliphatic heterocycles. The van der Waals surface area contributed by atoms with Crippen LogP contribution in [0.25, 0.3) is 0 Å². The number of piperazine rings is 1. The fourth-order valence-corrected chi connectivity index (χ4v) is 3.67. The fourth-order valence-electron chi connectivity index (χ4n) is 3.67. The Morgan fingerprint density at radius 1 is 0.900 bits per heavy atom. The molecule has 0 spiro atoms. The predicted octanol–water partition coefficient (Wildman–Crippen LogP) is 2.22. The van der Waals surface area contributed by atoms with Crippen molar-refractivity contribution in [2.45, 2.75) is 50.2 Å². The third-order valence-electron chi connectivity index (χ3n) is 4.86. The van der Waals surface area contributed by atoms with Crippen LogP contribution in [0.5, 0.6) is 0 Å². The van der Waals surface area contributed by atoms with Gasteiger partial charge in [-0.3, -0.25) is 9.80 Å². The normalized spacial score (nSPS) is 26.4. The maximum absolute atomic E-state index is 12.4. The van der Waals surface area contributed by atoms with E-state index < -0.39 is 12.7 Å². The van der Waals surface area contributed by atoms with Crippen LogP contribution in [0.15, 0.2) is 0 Å². The maximum atomic E-state index is 12.4. The largest absolute Gasteiger partial charge is 0.401 e. The van der Waals surface area contributed by atoms with Crippen molar-refractivity contribution in [2.75, 3.05) is 39.3 Å². The van der Waals surface area contributed by atoms with Crippen LogP contribution in [0.4, 0.5) is 13.2 Å². The molecule has 1 heterocycles. The molecule has 0 aromatic rings. The van der Waals surface area contributed by atoms with Crippen LogP contribution in [0.1, 0.15) is 38.5 Å². The second-order valence-corrected chi connectivity index (χ2v) is 6.22. The monoisotopic (exact) mass is 293 g/mol. The number of hydrogen-bond acceptors (Lipinski definition) is 3. The number of hydrogen-bond donors (Lipinski definition) is 1. The van der Waals surface area contributed by atoms with Gasteiger partial charge in [-0.05, 0) is 12.8 Å². The molecule has 20 heavy (non-hydrogen) atoms. The van der Waals surface area contributed by atoms with Crippen molar-refractivity contribution in [2.24, 2.45) is 5.73 Å². The van der Waals surface area contributed by atoms with Crippen molar-refractivity contribution in [3.05, 3.63) is 0 Å². The lowest BCUT2D eigenvalue weighted by Crippen LogP contribution is -2.60. The Labute approximate surface area is 119 Å². The Bertz CT molecular complexity index is 291. The smallest absolute Gasteiger partial charge is 0.329 e. The molecule has 6 heteroatoms. The van der Waals surface area contributed by atoms with Crippen LogP contribution in [0, 0.1) is 0 Å². The topological polar surface area (TPSA) is 32.5 Å². The lowest BCUT2D eigenvalue weighted by Gasteiger charge is -2.47. The van der Waals surface area contributed by atoms with Gasteiger partial charge in [-0.2, -0.15) is 13.2 Å². The highest BCUT2D eigenvalue weighted by Gasteiger charge is 2.39. The molecular formula is C14H26F3N3. The van der Waals surface area contributed by atoms with Crippen molar-refractivity contribution >= 4 is 0 Å². The predicted molar refractivity (Wildman–Crippen MR) is 73.6 cm³/mol. The van der Waals surface area contributed by atoms with Crippen LogP contribution in [0.3, 0.4) is 0 Å². The minimum Gasteiger partial charge on any atom is -0.329 e. The van der Waals surface area contributed by atoms with Gasteiger partial charge >= 0.3 is 6.18 Å². The fraction of sp³-hybridized carbons (Fsp3) is 1.00. The van der Waals surface area contributed by atoms with E-state index in [-0.39, 0.29) is 5.54 Å². The minimum absolute atomic E-state index is 0.0425. The first-order chi connectivity index (χ1) is 9.45. The average Bonchev–Trinajstić information content (AvgIpc) is 2.64. The van der Waals surface area contributed by atoms with Crippen molar-refractivity contribution in [3.63, 3.8) is 0 Å². The van der Waals surface area contributed by atoms with Crippen molar-refractivity contribution in [1.29, 1.82) is 0 Å². The third kappa shape index (κ3) is 4.09. The number of nitrogens with two attached hydrogens (primary N) is 1. The number of nitrogens with zero attached hydrogens (tertiary/aromatic N) is 2. The molecule has 0 aromatic carbocycles. The van der Waals surface area contributed by atoms with Gasteiger partial charge in [-0.1, -0.05) is 25.7 Å². The zero-order chi connectivity index (χ0) is 14.6. The van der Waals surface area contributed by atoms with Gasteiger partial charge in [0.2, 0.25) is 0 Å². The summed E-state index contributed by atoms with van der Waals surface area (Å²) in [6.45, 7) is 2.28. The first-order valence-corrected chi connectivity index (χ1v) is 7.69. The summed E-state index contributed by atoms with van der Waals surface area (Å²) in [5.41, 5.74) is 6.08. The second-order valence-electron chi connectivity index (χ2n) is 6.22. The molecule has 3 nitrogen and oxygen atoms in total. The summed E-state index contributed by atoms with van der Waals surface area (Å²) in [6.07, 6.45) is 3.02. The summed E-state index contributed by atoms with van der Waals surface area (Å²) in [5, 5.41) is 0. The highest BCUT2D eigenvalue weighted by atomic mass is 19.4. The molecule has 0 amide bonds. The van der Waals surface area contributed by atoms with Crippen molar-refractivity contribution in [1.82, 2.24) is 9.80 Å². The lowest BCUT2D eigenvalue weighted by atomic mass is 9.87. The Morgan fingerprint density at radius 2 is 1.45 bits per heavy atom. The Morgan fingerprint density at radius 3 is 1.90 bits per heavy atom. The molecule has 0 atom stereocenters. The van der Waals surface area contributed by atoms with Crippen molar-refractivity contribution < 1.29 is 13.2 Å². The van der Waals surface area contributed by atoms with E-state index in [4.69, 9.17) is 5.73 Å². The molecule has 2 N–H and O–H groups in total. The molecule has 1 saturated carbocycles. The van der Waals surface area contributed by atoms with E-state index in [0.717, 1.165) is 12.8 Å². The molecule has 118 valence electrons. The summed E-state index contributed by atoms with van der Waals surface area (Å²) >= 11 is 0. The summed E-state index contributed by atoms with van der Waals surface area (Å²) < 4.78 is 37.2. The minimum atomic E-state index is -4.09. The summed E-state index contributed by atoms with van der Waals surface area (Å²) in [5.74, 6) is 0. The highest BCUT2D eigenvalue weighted by Crippen LogP contribution is 2.32. The van der Waals surface area contributed by atoms with E-state index in [0.29, 0.717) is 32.7 Å². The maximum Gasteiger partial charge on any atom is 0.401 e. The van der Waals surface area contributed by atoms with Gasteiger partial charge < -0.3 is 5.73 Å². The summed E-state index contributed by atoms with van der Waals surface area (Å²) in [6, 6.07) is 0. The van der Waals surface area contributed by atoms with Crippen molar-refractivity contribution in [3.8, 4) is 0 Å². The number of alkyl halides is 3. The Hall–Kier alpha value is -0.330. The molecule has 0 aromatic heterocycles. The van der Waals surface area contributed by atoms with E-state index in [9.17, 15) is 13.2 Å². The quantitative estimate of drug-likeness (QED) is 0.810. The van der Waals surface area contributed by atoms with E-state index in [1.54, 1.807) is 0 Å². The number of halogens is 3. The first-order valence-electron chi connectivity index (χ1n) is 7.69. The molecule has 2 aliphatic rings. The van der Waals surface area contributed by atoms with E-state index in [1.165, 1.54) is 30.6 Å². The van der Waals surface area contributed by atoms with Crippen LogP contribution in [-0.4, -0.2) is 60.8 Å². The molecule has 0 unspecified atom stereocenters. The van der Waals surface area contributed by atoms with E-state index in [2.05, 4.69) is 4.90 Å². The third-order valence-corrected chi connectivity index (χ3v) is 4.86. The van der Waals surface area contributed by atoms with Crippen LogP contribution in [-0.2, 0) is 0 Å². The Balaban J connectivity index is 1.91. The average molecular weight is 293 g/mol. The second kappa shape index (κ2) is 6.62. The Kier molecular flexibility index (Phi) is 5.31. The number of rotatable bonds is 3. The van der Waals surface area contributed by atoms with Crippen LogP contribution >= 0.6 is 0 Å². The van der Waals surface area contributed by atoms with Crippen LogP contribution in [0.2, 0.25) is 0 Å².